The van der Waals surface area contributed by atoms with Crippen LogP contribution in [0.1, 0.15) is 5.56 Å². The minimum absolute atomic E-state index is 0.0116. The summed E-state index contributed by atoms with van der Waals surface area (Å²) in [5.74, 6) is 5.86. The fraction of sp³-hybridized carbons (Fsp3) is 0.222. The van der Waals surface area contributed by atoms with Crippen LogP contribution < -0.4 is 15.3 Å². The predicted molar refractivity (Wildman–Crippen MR) is 53.0 cm³/mol. The summed E-state index contributed by atoms with van der Waals surface area (Å²) >= 11 is 0. The Hall–Kier alpha value is -1.91. The second-order valence-corrected chi connectivity index (χ2v) is 2.55. The number of hydrogen-bond donors (Lipinski definition) is 2. The smallest absolute Gasteiger partial charge is 0.166 e. The van der Waals surface area contributed by atoms with Gasteiger partial charge in [0.2, 0.25) is 0 Å². The van der Waals surface area contributed by atoms with Gasteiger partial charge in [0, 0.05) is 11.6 Å². The van der Waals surface area contributed by atoms with Gasteiger partial charge in [-0.15, -0.1) is 0 Å². The number of methoxy groups -OCH3 is 2. The first-order chi connectivity index (χ1) is 6.72. The van der Waals surface area contributed by atoms with E-state index >= 15 is 0 Å². The van der Waals surface area contributed by atoms with Crippen LogP contribution in [-0.2, 0) is 0 Å². The van der Waals surface area contributed by atoms with Crippen LogP contribution in [-0.4, -0.2) is 25.5 Å². The number of hydrogen-bond acceptors (Lipinski definition) is 5. The maximum atomic E-state index is 9.61. The molecule has 0 aliphatic heterocycles. The topological polar surface area (TPSA) is 77.1 Å². The quantitative estimate of drug-likeness (QED) is 0.424. The van der Waals surface area contributed by atoms with E-state index in [9.17, 15) is 5.11 Å². The van der Waals surface area contributed by atoms with E-state index in [-0.39, 0.29) is 5.75 Å². The third-order valence-corrected chi connectivity index (χ3v) is 1.75. The van der Waals surface area contributed by atoms with E-state index in [2.05, 4.69) is 5.10 Å². The molecule has 0 saturated carbocycles. The zero-order valence-electron chi connectivity index (χ0n) is 8.02. The third kappa shape index (κ3) is 1.87. The van der Waals surface area contributed by atoms with Gasteiger partial charge in [-0.3, -0.25) is 0 Å². The molecule has 0 unspecified atom stereocenters. The van der Waals surface area contributed by atoms with E-state index in [4.69, 9.17) is 15.3 Å². The number of benzene rings is 1. The summed E-state index contributed by atoms with van der Waals surface area (Å²) in [6, 6.07) is 3.18. The largest absolute Gasteiger partial charge is 0.504 e. The average molecular weight is 196 g/mol. The summed E-state index contributed by atoms with van der Waals surface area (Å²) in [5.41, 5.74) is 0.448. The molecule has 0 heterocycles. The van der Waals surface area contributed by atoms with Gasteiger partial charge in [-0.1, -0.05) is 0 Å². The van der Waals surface area contributed by atoms with Crippen LogP contribution in [0.25, 0.3) is 0 Å². The van der Waals surface area contributed by atoms with Crippen molar-refractivity contribution in [1.82, 2.24) is 0 Å². The molecule has 0 fully saturated rings. The molecule has 0 aliphatic rings. The van der Waals surface area contributed by atoms with Crippen LogP contribution >= 0.6 is 0 Å². The van der Waals surface area contributed by atoms with Gasteiger partial charge < -0.3 is 20.4 Å². The number of aromatic hydroxyl groups is 1. The Morgan fingerprint density at radius 3 is 2.57 bits per heavy atom. The van der Waals surface area contributed by atoms with Crippen molar-refractivity contribution in [2.45, 2.75) is 0 Å². The number of phenolic OH excluding ortho intramolecular Hbond substituents is 1. The molecule has 0 bridgehead atoms. The van der Waals surface area contributed by atoms with E-state index in [1.807, 2.05) is 0 Å². The van der Waals surface area contributed by atoms with Crippen molar-refractivity contribution in [1.29, 1.82) is 0 Å². The van der Waals surface area contributed by atoms with Crippen LogP contribution in [0.3, 0.4) is 0 Å². The minimum atomic E-state index is -0.0116. The third-order valence-electron chi connectivity index (χ3n) is 1.75. The molecule has 5 heteroatoms. The van der Waals surface area contributed by atoms with Crippen molar-refractivity contribution in [2.24, 2.45) is 10.9 Å². The number of nitrogens with two attached hydrogens (primary N) is 1. The number of ether oxygens (including phenoxy) is 2. The molecule has 3 N–H and O–H groups in total. The average Bonchev–Trinajstić information content (AvgIpc) is 2.21. The maximum Gasteiger partial charge on any atom is 0.166 e. The summed E-state index contributed by atoms with van der Waals surface area (Å²) in [6.45, 7) is 0. The molecule has 0 amide bonds. The first kappa shape index (κ1) is 10.2. The minimum Gasteiger partial charge on any atom is -0.504 e. The van der Waals surface area contributed by atoms with Gasteiger partial charge in [0.1, 0.15) is 5.75 Å². The zero-order valence-corrected chi connectivity index (χ0v) is 8.02. The highest BCUT2D eigenvalue weighted by Crippen LogP contribution is 2.33. The molecule has 1 aromatic rings. The molecule has 1 aromatic carbocycles. The highest BCUT2D eigenvalue weighted by Gasteiger charge is 2.09. The van der Waals surface area contributed by atoms with Crippen LogP contribution in [0.5, 0.6) is 17.2 Å². The van der Waals surface area contributed by atoms with Gasteiger partial charge in [0.15, 0.2) is 11.5 Å². The van der Waals surface area contributed by atoms with Gasteiger partial charge in [-0.25, -0.2) is 0 Å². The van der Waals surface area contributed by atoms with Crippen LogP contribution in [0.15, 0.2) is 17.2 Å². The Morgan fingerprint density at radius 2 is 2.07 bits per heavy atom. The van der Waals surface area contributed by atoms with E-state index in [0.29, 0.717) is 17.1 Å². The van der Waals surface area contributed by atoms with E-state index in [1.165, 1.54) is 20.4 Å². The normalized spacial score (nSPS) is 10.4. The predicted octanol–water partition coefficient (Wildman–Crippen LogP) is 0.702. The molecule has 0 atom stereocenters. The first-order valence-corrected chi connectivity index (χ1v) is 3.91. The molecule has 76 valence electrons. The summed E-state index contributed by atoms with van der Waals surface area (Å²) in [5, 5.41) is 12.9. The maximum absolute atomic E-state index is 9.61. The summed E-state index contributed by atoms with van der Waals surface area (Å²) < 4.78 is 9.95. The molecular formula is C9H12N2O3. The fourth-order valence-electron chi connectivity index (χ4n) is 1.06. The Kier molecular flexibility index (Phi) is 3.17. The monoisotopic (exact) mass is 196 g/mol. The van der Waals surface area contributed by atoms with E-state index in [0.717, 1.165) is 0 Å². The van der Waals surface area contributed by atoms with Crippen molar-refractivity contribution >= 4 is 6.21 Å². The lowest BCUT2D eigenvalue weighted by molar-refractivity contribution is 0.364. The van der Waals surface area contributed by atoms with Gasteiger partial charge in [0.25, 0.3) is 0 Å². The second-order valence-electron chi connectivity index (χ2n) is 2.55. The SMILES string of the molecule is COc1cc(C=NN)c(O)c(OC)c1. The summed E-state index contributed by atoms with van der Waals surface area (Å²) in [7, 11) is 2.98. The Labute approximate surface area is 81.8 Å². The van der Waals surface area contributed by atoms with Gasteiger partial charge in [-0.05, 0) is 6.07 Å². The Bertz CT molecular complexity index is 350. The van der Waals surface area contributed by atoms with E-state index < -0.39 is 0 Å². The number of rotatable bonds is 3. The number of phenols is 1. The van der Waals surface area contributed by atoms with Gasteiger partial charge in [-0.2, -0.15) is 5.10 Å². The van der Waals surface area contributed by atoms with Crippen molar-refractivity contribution in [3.8, 4) is 17.2 Å². The highest BCUT2D eigenvalue weighted by molar-refractivity contribution is 5.85. The van der Waals surface area contributed by atoms with Crippen molar-refractivity contribution in [3.05, 3.63) is 17.7 Å². The van der Waals surface area contributed by atoms with Crippen LogP contribution in [0.4, 0.5) is 0 Å². The highest BCUT2D eigenvalue weighted by atomic mass is 16.5. The number of hydrazone groups is 1. The molecule has 0 aliphatic carbocycles. The Morgan fingerprint density at radius 1 is 1.36 bits per heavy atom. The molecule has 0 saturated heterocycles. The lowest BCUT2D eigenvalue weighted by atomic mass is 10.2. The summed E-state index contributed by atoms with van der Waals surface area (Å²) in [4.78, 5) is 0. The molecule has 1 rings (SSSR count). The molecule has 0 radical (unpaired) electrons. The second kappa shape index (κ2) is 4.36. The van der Waals surface area contributed by atoms with Crippen molar-refractivity contribution < 1.29 is 14.6 Å². The number of nitrogens with zero attached hydrogens (tertiary/aromatic N) is 1. The fourth-order valence-corrected chi connectivity index (χ4v) is 1.06. The molecule has 0 spiro atoms. The van der Waals surface area contributed by atoms with Gasteiger partial charge >= 0.3 is 0 Å². The first-order valence-electron chi connectivity index (χ1n) is 3.91. The van der Waals surface area contributed by atoms with Crippen LogP contribution in [0, 0.1) is 0 Å². The summed E-state index contributed by atoms with van der Waals surface area (Å²) in [6.07, 6.45) is 1.32. The van der Waals surface area contributed by atoms with Crippen molar-refractivity contribution in [2.75, 3.05) is 14.2 Å². The molecule has 5 nitrogen and oxygen atoms in total. The molecule has 0 aromatic heterocycles. The van der Waals surface area contributed by atoms with Gasteiger partial charge in [0.05, 0.1) is 20.4 Å². The van der Waals surface area contributed by atoms with E-state index in [1.54, 1.807) is 12.1 Å². The Balaban J connectivity index is 3.26. The lowest BCUT2D eigenvalue weighted by Crippen LogP contribution is -1.93. The molecular weight excluding hydrogens is 184 g/mol. The van der Waals surface area contributed by atoms with Crippen LogP contribution in [0.2, 0.25) is 0 Å². The lowest BCUT2D eigenvalue weighted by Gasteiger charge is -2.08. The molecule has 14 heavy (non-hydrogen) atoms. The van der Waals surface area contributed by atoms with Crippen molar-refractivity contribution in [3.63, 3.8) is 0 Å². The zero-order chi connectivity index (χ0) is 10.6. The standard InChI is InChI=1S/C9H12N2O3/c1-13-7-3-6(5-11-10)9(12)8(4-7)14-2/h3-5,12H,10H2,1-2H3.